The molecule has 0 aliphatic rings. The van der Waals surface area contributed by atoms with Crippen LogP contribution in [-0.2, 0) is 0 Å². The second-order valence-corrected chi connectivity index (χ2v) is 4.65. The molecule has 4 rings (SSSR count). The molecule has 0 atom stereocenters. The highest BCUT2D eigenvalue weighted by molar-refractivity contribution is 5.98. The van der Waals surface area contributed by atoms with Gasteiger partial charge in [-0.25, -0.2) is 4.98 Å². The van der Waals surface area contributed by atoms with Gasteiger partial charge in [-0.1, -0.05) is 36.4 Å². The van der Waals surface area contributed by atoms with E-state index in [2.05, 4.69) is 66.1 Å². The molecule has 0 amide bonds. The number of hydrogen-bond acceptors (Lipinski definition) is 1. The monoisotopic (exact) mass is 232 g/mol. The number of rotatable bonds is 0. The lowest BCUT2D eigenvalue weighted by atomic mass is 10.2. The zero-order valence-corrected chi connectivity index (χ0v) is 10.1. The molecule has 86 valence electrons. The van der Waals surface area contributed by atoms with Crippen LogP contribution in [-0.4, -0.2) is 9.38 Å². The lowest BCUT2D eigenvalue weighted by Crippen LogP contribution is -1.87. The largest absolute Gasteiger partial charge is 0.299 e. The second-order valence-electron chi connectivity index (χ2n) is 4.65. The fourth-order valence-corrected chi connectivity index (χ4v) is 2.66. The maximum atomic E-state index is 4.77. The topological polar surface area (TPSA) is 17.3 Å². The zero-order chi connectivity index (χ0) is 12.1. The summed E-state index contributed by atoms with van der Waals surface area (Å²) >= 11 is 0. The normalized spacial score (nSPS) is 11.6. The molecular weight excluding hydrogens is 220 g/mol. The molecule has 0 N–H and O–H groups in total. The average molecular weight is 232 g/mol. The molecule has 2 aromatic carbocycles. The number of aryl methyl sites for hydroxylation is 1. The van der Waals surface area contributed by atoms with Crippen LogP contribution in [0.4, 0.5) is 0 Å². The van der Waals surface area contributed by atoms with Gasteiger partial charge in [0, 0.05) is 11.6 Å². The Morgan fingerprint density at radius 3 is 2.78 bits per heavy atom. The van der Waals surface area contributed by atoms with Gasteiger partial charge in [0.05, 0.1) is 11.0 Å². The highest BCUT2D eigenvalue weighted by atomic mass is 15.0. The number of hydrogen-bond donors (Lipinski definition) is 0. The highest BCUT2D eigenvalue weighted by Gasteiger charge is 2.08. The molecule has 4 aromatic rings. The summed E-state index contributed by atoms with van der Waals surface area (Å²) in [6, 6.07) is 16.8. The molecular formula is C16H12N2. The first-order valence-electron chi connectivity index (χ1n) is 6.10. The molecule has 0 spiro atoms. The number of pyridine rings is 1. The van der Waals surface area contributed by atoms with Crippen LogP contribution in [0.5, 0.6) is 0 Å². The van der Waals surface area contributed by atoms with E-state index in [-0.39, 0.29) is 0 Å². The Kier molecular flexibility index (Phi) is 1.78. The van der Waals surface area contributed by atoms with Gasteiger partial charge >= 0.3 is 0 Å². The van der Waals surface area contributed by atoms with Crippen molar-refractivity contribution in [3.05, 3.63) is 60.3 Å². The smallest absolute Gasteiger partial charge is 0.145 e. The Bertz CT molecular complexity index is 887. The van der Waals surface area contributed by atoms with Crippen LogP contribution in [0, 0.1) is 6.92 Å². The molecule has 2 heterocycles. The van der Waals surface area contributed by atoms with Gasteiger partial charge in [0.1, 0.15) is 5.65 Å². The molecule has 2 nitrogen and oxygen atoms in total. The van der Waals surface area contributed by atoms with Crippen molar-refractivity contribution in [1.82, 2.24) is 9.38 Å². The number of imidazole rings is 1. The van der Waals surface area contributed by atoms with Crippen molar-refractivity contribution in [2.45, 2.75) is 6.92 Å². The lowest BCUT2D eigenvalue weighted by molar-refractivity contribution is 1.23. The van der Waals surface area contributed by atoms with Gasteiger partial charge < -0.3 is 0 Å². The first-order chi connectivity index (χ1) is 8.84. The van der Waals surface area contributed by atoms with E-state index in [1.165, 1.54) is 21.9 Å². The van der Waals surface area contributed by atoms with E-state index in [1.54, 1.807) is 0 Å². The molecule has 2 heteroatoms. The van der Waals surface area contributed by atoms with Gasteiger partial charge in [-0.15, -0.1) is 0 Å². The van der Waals surface area contributed by atoms with Crippen molar-refractivity contribution in [1.29, 1.82) is 0 Å². The van der Waals surface area contributed by atoms with Crippen molar-refractivity contribution in [2.75, 3.05) is 0 Å². The first-order valence-corrected chi connectivity index (χ1v) is 6.10. The molecule has 0 radical (unpaired) electrons. The third-order valence-electron chi connectivity index (χ3n) is 3.52. The highest BCUT2D eigenvalue weighted by Crippen LogP contribution is 2.25. The SMILES string of the molecule is Cc1cccc2nc3c4ccccc4ccn3c12. The molecule has 18 heavy (non-hydrogen) atoms. The van der Waals surface area contributed by atoms with Crippen molar-refractivity contribution in [3.8, 4) is 0 Å². The standard InChI is InChI=1S/C16H12N2/c1-11-5-4-8-14-15(11)18-10-9-12-6-2-3-7-13(12)16(18)17-14/h2-10H,1H3. The van der Waals surface area contributed by atoms with Crippen LogP contribution in [0.2, 0.25) is 0 Å². The molecule has 0 fully saturated rings. The van der Waals surface area contributed by atoms with E-state index in [0.717, 1.165) is 11.2 Å². The third-order valence-corrected chi connectivity index (χ3v) is 3.52. The maximum absolute atomic E-state index is 4.77. The van der Waals surface area contributed by atoms with Crippen LogP contribution < -0.4 is 0 Å². The minimum Gasteiger partial charge on any atom is -0.299 e. The number of nitrogens with zero attached hydrogens (tertiary/aromatic N) is 2. The summed E-state index contributed by atoms with van der Waals surface area (Å²) in [4.78, 5) is 4.77. The van der Waals surface area contributed by atoms with E-state index in [4.69, 9.17) is 4.98 Å². The summed E-state index contributed by atoms with van der Waals surface area (Å²) in [5, 5.41) is 2.44. The van der Waals surface area contributed by atoms with Crippen molar-refractivity contribution in [2.24, 2.45) is 0 Å². The minimum absolute atomic E-state index is 1.04. The summed E-state index contributed by atoms with van der Waals surface area (Å²) < 4.78 is 2.19. The molecule has 2 aromatic heterocycles. The van der Waals surface area contributed by atoms with E-state index in [0.29, 0.717) is 0 Å². The van der Waals surface area contributed by atoms with Gasteiger partial charge in [0.25, 0.3) is 0 Å². The van der Waals surface area contributed by atoms with Gasteiger partial charge in [0.15, 0.2) is 0 Å². The van der Waals surface area contributed by atoms with E-state index in [9.17, 15) is 0 Å². The van der Waals surface area contributed by atoms with Gasteiger partial charge in [-0.05, 0) is 30.0 Å². The van der Waals surface area contributed by atoms with Crippen LogP contribution >= 0.6 is 0 Å². The summed E-state index contributed by atoms with van der Waals surface area (Å²) in [5.74, 6) is 0. The fraction of sp³-hybridized carbons (Fsp3) is 0.0625. The van der Waals surface area contributed by atoms with E-state index < -0.39 is 0 Å². The lowest BCUT2D eigenvalue weighted by Gasteiger charge is -2.01. The van der Waals surface area contributed by atoms with E-state index in [1.807, 2.05) is 0 Å². The Balaban J connectivity index is 2.34. The molecule has 0 aliphatic heterocycles. The van der Waals surface area contributed by atoms with Crippen LogP contribution in [0.3, 0.4) is 0 Å². The summed E-state index contributed by atoms with van der Waals surface area (Å²) in [6.45, 7) is 2.13. The van der Waals surface area contributed by atoms with E-state index >= 15 is 0 Å². The number of benzene rings is 2. The van der Waals surface area contributed by atoms with Crippen molar-refractivity contribution < 1.29 is 0 Å². The Morgan fingerprint density at radius 2 is 1.83 bits per heavy atom. The third kappa shape index (κ3) is 1.15. The second kappa shape index (κ2) is 3.33. The van der Waals surface area contributed by atoms with Crippen LogP contribution in [0.15, 0.2) is 54.7 Å². The Labute approximate surface area is 104 Å². The van der Waals surface area contributed by atoms with Crippen LogP contribution in [0.25, 0.3) is 27.5 Å². The fourth-order valence-electron chi connectivity index (χ4n) is 2.66. The number of fused-ring (bicyclic) bond motifs is 5. The Hall–Kier alpha value is -2.35. The maximum Gasteiger partial charge on any atom is 0.145 e. The molecule has 0 saturated heterocycles. The predicted molar refractivity (Wildman–Crippen MR) is 74.9 cm³/mol. The first kappa shape index (κ1) is 9.66. The van der Waals surface area contributed by atoms with Crippen molar-refractivity contribution >= 4 is 27.5 Å². The molecule has 0 bridgehead atoms. The Morgan fingerprint density at radius 1 is 0.944 bits per heavy atom. The van der Waals surface area contributed by atoms with Crippen LogP contribution in [0.1, 0.15) is 5.56 Å². The summed E-state index contributed by atoms with van der Waals surface area (Å²) in [5.41, 5.74) is 4.57. The summed E-state index contributed by atoms with van der Waals surface area (Å²) in [7, 11) is 0. The molecule has 0 unspecified atom stereocenters. The van der Waals surface area contributed by atoms with Gasteiger partial charge in [0.2, 0.25) is 0 Å². The minimum atomic E-state index is 1.04. The average Bonchev–Trinajstić information content (AvgIpc) is 2.79. The van der Waals surface area contributed by atoms with Crippen molar-refractivity contribution in [3.63, 3.8) is 0 Å². The van der Waals surface area contributed by atoms with Gasteiger partial charge in [-0.2, -0.15) is 0 Å². The van der Waals surface area contributed by atoms with Gasteiger partial charge in [-0.3, -0.25) is 4.40 Å². The number of aromatic nitrogens is 2. The number of para-hydroxylation sites is 1. The zero-order valence-electron chi connectivity index (χ0n) is 10.1. The molecule has 0 aliphatic carbocycles. The quantitative estimate of drug-likeness (QED) is 0.448. The molecule has 0 saturated carbocycles. The summed E-state index contributed by atoms with van der Waals surface area (Å²) in [6.07, 6.45) is 2.11. The predicted octanol–water partition coefficient (Wildman–Crippen LogP) is 3.95.